The number of nitrogens with two attached hydrogens (primary N) is 1. The van der Waals surface area contributed by atoms with Crippen LogP contribution in [0.2, 0.25) is 0 Å². The minimum Gasteiger partial charge on any atom is -0.467 e. The summed E-state index contributed by atoms with van der Waals surface area (Å²) in [6.45, 7) is 14.8. The minimum absolute atomic E-state index is 0.0340. The summed E-state index contributed by atoms with van der Waals surface area (Å²) in [4.78, 5) is 53.5. The fourth-order valence-corrected chi connectivity index (χ4v) is 7.24. The third-order valence-electron chi connectivity index (χ3n) is 10.1. The van der Waals surface area contributed by atoms with Gasteiger partial charge in [-0.2, -0.15) is 0 Å². The van der Waals surface area contributed by atoms with Gasteiger partial charge in [-0.15, -0.1) is 0 Å². The number of hydrogen-bond donors (Lipinski definition) is 11. The molecule has 0 spiro atoms. The van der Waals surface area contributed by atoms with E-state index in [1.54, 1.807) is 68.4 Å². The molecule has 1 unspecified atom stereocenters. The molecule has 370 valence electrons. The van der Waals surface area contributed by atoms with Gasteiger partial charge in [0.15, 0.2) is 6.29 Å². The number of nitrogens with zero attached hydrogens (tertiary/aromatic N) is 1. The maximum absolute atomic E-state index is 13.7. The van der Waals surface area contributed by atoms with E-state index in [9.17, 15) is 49.8 Å². The van der Waals surface area contributed by atoms with Gasteiger partial charge >= 0.3 is 18.3 Å². The fourth-order valence-electron chi connectivity index (χ4n) is 7.24. The van der Waals surface area contributed by atoms with Gasteiger partial charge in [-0.25, -0.2) is 14.4 Å². The van der Waals surface area contributed by atoms with Crippen molar-refractivity contribution in [2.45, 2.75) is 184 Å². The van der Waals surface area contributed by atoms with Gasteiger partial charge in [-0.3, -0.25) is 4.79 Å². The first-order chi connectivity index (χ1) is 29.4. The zero-order valence-electron chi connectivity index (χ0n) is 38.9. The summed E-state index contributed by atoms with van der Waals surface area (Å²) in [6, 6.07) is -4.62. The molecule has 0 aromatic heterocycles. The van der Waals surface area contributed by atoms with Crippen molar-refractivity contribution in [3.05, 3.63) is 11.8 Å². The molecule has 3 aliphatic rings. The molecule has 13 atom stereocenters. The van der Waals surface area contributed by atoms with Crippen molar-refractivity contribution >= 4 is 24.2 Å². The first-order valence-electron chi connectivity index (χ1n) is 21.4. The van der Waals surface area contributed by atoms with Gasteiger partial charge < -0.3 is 95.7 Å². The van der Waals surface area contributed by atoms with E-state index in [0.717, 1.165) is 4.90 Å². The highest BCUT2D eigenvalue weighted by atomic mass is 16.7. The van der Waals surface area contributed by atoms with Crippen molar-refractivity contribution in [1.82, 2.24) is 26.2 Å². The Hall–Kier alpha value is -3.62. The summed E-state index contributed by atoms with van der Waals surface area (Å²) in [5.74, 6) is -0.644. The number of ether oxygens (including phenoxy) is 7. The van der Waals surface area contributed by atoms with E-state index in [1.807, 2.05) is 0 Å². The van der Waals surface area contributed by atoms with Gasteiger partial charge in [0, 0.05) is 20.1 Å². The summed E-state index contributed by atoms with van der Waals surface area (Å²) in [6.07, 6.45) is -13.7. The Balaban J connectivity index is 2.05. The summed E-state index contributed by atoms with van der Waals surface area (Å²) < 4.78 is 40.9. The number of alkyl carbamates (subject to hydrolysis) is 2. The maximum Gasteiger partial charge on any atom is 0.410 e. The summed E-state index contributed by atoms with van der Waals surface area (Å²) in [7, 11) is 1.31. The Morgan fingerprint density at radius 2 is 1.44 bits per heavy atom. The van der Waals surface area contributed by atoms with Crippen molar-refractivity contribution in [2.24, 2.45) is 5.73 Å². The van der Waals surface area contributed by atoms with Crippen LogP contribution in [0, 0.1) is 0 Å². The lowest BCUT2D eigenvalue weighted by Gasteiger charge is -2.50. The second kappa shape index (κ2) is 22.7. The predicted octanol–water partition coefficient (Wildman–Crippen LogP) is -1.22. The number of aliphatic hydroxyl groups excluding tert-OH is 5. The SMILES string of the molecule is CN(C(=O)OC(C)(C)C)[C@@H]1[C@@H](O)[C@@H](O[C@@H]2[C@@H](O)[C@H](O[C@H]3OC(CN)=CC[C@H]3NCC(O)CO)[C@@H](NC(=O)OC(C)(C)C)C[C@H]2NC(=O)[C@@H](O)CCNC(=O)OC(C)(C)C)OC[C@]1(C)O. The number of hydrogen-bond acceptors (Lipinski definition) is 19. The van der Waals surface area contributed by atoms with E-state index in [2.05, 4.69) is 21.3 Å². The molecular formula is C41H74N6O17. The van der Waals surface area contributed by atoms with E-state index in [4.69, 9.17) is 38.9 Å². The molecule has 0 aromatic carbocycles. The molecule has 23 nitrogen and oxygen atoms in total. The number of amides is 4. The highest BCUT2D eigenvalue weighted by Gasteiger charge is 2.55. The lowest BCUT2D eigenvalue weighted by atomic mass is 9.82. The van der Waals surface area contributed by atoms with Gasteiger partial charge in [0.05, 0.1) is 50.0 Å². The summed E-state index contributed by atoms with van der Waals surface area (Å²) >= 11 is 0. The Morgan fingerprint density at radius 1 is 0.875 bits per heavy atom. The topological polar surface area (TPSA) is 332 Å². The molecule has 3 rings (SSSR count). The van der Waals surface area contributed by atoms with Crippen LogP contribution in [-0.2, 0) is 38.0 Å². The Bertz CT molecular complexity index is 1580. The molecule has 1 saturated carbocycles. The molecule has 2 aliphatic heterocycles. The van der Waals surface area contributed by atoms with Gasteiger partial charge in [0.25, 0.3) is 0 Å². The van der Waals surface area contributed by atoms with Crippen molar-refractivity contribution in [3.8, 4) is 0 Å². The van der Waals surface area contributed by atoms with E-state index >= 15 is 0 Å². The molecular weight excluding hydrogens is 848 g/mol. The Morgan fingerprint density at radius 3 is 2.00 bits per heavy atom. The smallest absolute Gasteiger partial charge is 0.410 e. The van der Waals surface area contributed by atoms with Crippen LogP contribution in [0.1, 0.15) is 88.5 Å². The Labute approximate surface area is 374 Å². The van der Waals surface area contributed by atoms with Crippen LogP contribution in [0.5, 0.6) is 0 Å². The van der Waals surface area contributed by atoms with Crippen LogP contribution >= 0.6 is 0 Å². The molecule has 0 bridgehead atoms. The number of carbonyl (C=O) groups is 4. The van der Waals surface area contributed by atoms with Gasteiger partial charge in [0.2, 0.25) is 12.2 Å². The van der Waals surface area contributed by atoms with Gasteiger partial charge in [-0.05, 0) is 94.6 Å². The second-order valence-corrected chi connectivity index (χ2v) is 19.5. The first kappa shape index (κ1) is 54.7. The molecule has 12 N–H and O–H groups in total. The molecule has 0 aromatic rings. The van der Waals surface area contributed by atoms with E-state index in [0.29, 0.717) is 5.76 Å². The zero-order valence-corrected chi connectivity index (χ0v) is 38.9. The number of aliphatic hydroxyl groups is 6. The number of likely N-dealkylation sites (N-methyl/N-ethyl adjacent to an activating group) is 1. The van der Waals surface area contributed by atoms with Crippen LogP contribution in [0.4, 0.5) is 14.4 Å². The molecule has 2 fully saturated rings. The van der Waals surface area contributed by atoms with Gasteiger partial charge in [0.1, 0.15) is 58.7 Å². The van der Waals surface area contributed by atoms with Crippen LogP contribution in [0.15, 0.2) is 11.8 Å². The number of nitrogens with one attached hydrogen (secondary N) is 4. The molecule has 0 radical (unpaired) electrons. The van der Waals surface area contributed by atoms with Crippen LogP contribution in [-0.4, -0.2) is 195 Å². The van der Waals surface area contributed by atoms with Crippen molar-refractivity contribution in [3.63, 3.8) is 0 Å². The quantitative estimate of drug-likeness (QED) is 0.0808. The summed E-state index contributed by atoms with van der Waals surface area (Å²) in [5.41, 5.74) is 1.34. The highest BCUT2D eigenvalue weighted by Crippen LogP contribution is 2.35. The maximum atomic E-state index is 13.7. The lowest BCUT2D eigenvalue weighted by molar-refractivity contribution is -0.311. The molecule has 4 amide bonds. The normalized spacial score (nSPS) is 31.0. The average Bonchev–Trinajstić information content (AvgIpc) is 3.15. The number of rotatable bonds is 16. The fraction of sp³-hybridized carbons (Fsp3) is 0.854. The van der Waals surface area contributed by atoms with Crippen molar-refractivity contribution in [1.29, 1.82) is 0 Å². The molecule has 64 heavy (non-hydrogen) atoms. The largest absolute Gasteiger partial charge is 0.467 e. The number of carbonyl (C=O) groups excluding carboxylic acids is 4. The molecule has 23 heteroatoms. The highest BCUT2D eigenvalue weighted by molar-refractivity contribution is 5.81. The van der Waals surface area contributed by atoms with E-state index < -0.39 is 133 Å². The second-order valence-electron chi connectivity index (χ2n) is 19.5. The lowest BCUT2D eigenvalue weighted by Crippen LogP contribution is -2.71. The minimum atomic E-state index is -1.85. The van der Waals surface area contributed by atoms with Crippen LogP contribution in [0.25, 0.3) is 0 Å². The summed E-state index contributed by atoms with van der Waals surface area (Å²) in [5, 5.41) is 76.9. The van der Waals surface area contributed by atoms with E-state index in [-0.39, 0.29) is 38.9 Å². The Kier molecular flexibility index (Phi) is 19.4. The predicted molar refractivity (Wildman–Crippen MR) is 226 cm³/mol. The zero-order chi connectivity index (χ0) is 48.5. The first-order valence-corrected chi connectivity index (χ1v) is 21.4. The standard InChI is InChI=1S/C41H74N6O17/c1-38(2,3)62-35(54)43-15-14-26(50)32(53)45-24-16-25(46-36(55)63-39(4,5)6)30(60-33-23(44-18-21(49)19-48)13-12-22(17-42)59-33)27(51)29(24)61-34-28(52)31(41(10,57)20-58-34)47(11)37(56)64-40(7,8)9/h12,21,23-31,33-34,44,48-52,57H,13-20,42H2,1-11H3,(H,43,54)(H,45,53)(H,46,55)/t21?,23-,24-,25+,26+,27-,28-,29+,30-,31-,33-,34-,41+/m1/s1. The average molecular weight is 923 g/mol. The molecule has 2 heterocycles. The molecule has 1 saturated heterocycles. The monoisotopic (exact) mass is 923 g/mol. The van der Waals surface area contributed by atoms with Crippen molar-refractivity contribution < 1.29 is 83.0 Å². The van der Waals surface area contributed by atoms with Crippen molar-refractivity contribution in [2.75, 3.05) is 39.9 Å². The molecule has 1 aliphatic carbocycles. The van der Waals surface area contributed by atoms with Gasteiger partial charge in [-0.1, -0.05) is 0 Å². The van der Waals surface area contributed by atoms with E-state index in [1.165, 1.54) is 14.0 Å². The van der Waals surface area contributed by atoms with Crippen LogP contribution < -0.4 is 27.0 Å². The third-order valence-corrected chi connectivity index (χ3v) is 10.1. The van der Waals surface area contributed by atoms with Crippen LogP contribution in [0.3, 0.4) is 0 Å². The third kappa shape index (κ3) is 16.7.